The first-order valence-corrected chi connectivity index (χ1v) is 11.6. The van der Waals surface area contributed by atoms with Crippen LogP contribution in [0.4, 0.5) is 5.69 Å². The number of aromatic nitrogens is 1. The van der Waals surface area contributed by atoms with Crippen LogP contribution in [-0.2, 0) is 11.3 Å². The van der Waals surface area contributed by atoms with Gasteiger partial charge in [0.25, 0.3) is 5.91 Å². The van der Waals surface area contributed by atoms with E-state index in [1.54, 1.807) is 6.08 Å². The van der Waals surface area contributed by atoms with Crippen LogP contribution in [-0.4, -0.2) is 10.5 Å². The lowest BCUT2D eigenvalue weighted by Gasteiger charge is -2.07. The molecule has 1 N–H and O–H groups in total. The maximum atomic E-state index is 12.9. The Hall–Kier alpha value is -4.62. The van der Waals surface area contributed by atoms with Gasteiger partial charge in [0.15, 0.2) is 0 Å². The fourth-order valence-electron chi connectivity index (χ4n) is 4.38. The van der Waals surface area contributed by atoms with Gasteiger partial charge in [0.2, 0.25) is 0 Å². The molecule has 0 aliphatic carbocycles. The van der Waals surface area contributed by atoms with Crippen LogP contribution in [0, 0.1) is 25.2 Å². The molecular weight excluding hydrogens is 430 g/mol. The molecule has 0 unspecified atom stereocenters. The molecule has 0 spiro atoms. The number of amides is 1. The van der Waals surface area contributed by atoms with Crippen LogP contribution in [0.1, 0.15) is 22.3 Å². The molecule has 35 heavy (non-hydrogen) atoms. The highest BCUT2D eigenvalue weighted by molar-refractivity contribution is 6.10. The Bertz CT molecular complexity index is 1650. The number of benzene rings is 4. The molecule has 5 aromatic rings. The van der Waals surface area contributed by atoms with Crippen molar-refractivity contribution >= 4 is 39.3 Å². The highest BCUT2D eigenvalue weighted by Gasteiger charge is 2.13. The van der Waals surface area contributed by atoms with Crippen molar-refractivity contribution in [2.24, 2.45) is 0 Å². The molecule has 0 bridgehead atoms. The Kier molecular flexibility index (Phi) is 5.91. The normalized spacial score (nSPS) is 11.5. The number of hydrogen-bond donors (Lipinski definition) is 1. The van der Waals surface area contributed by atoms with Gasteiger partial charge in [0, 0.05) is 34.9 Å². The Balaban J connectivity index is 1.48. The van der Waals surface area contributed by atoms with Crippen molar-refractivity contribution in [2.45, 2.75) is 20.4 Å². The zero-order valence-corrected chi connectivity index (χ0v) is 19.7. The first-order chi connectivity index (χ1) is 17.0. The average Bonchev–Trinajstić information content (AvgIpc) is 3.21. The number of nitrogens with zero attached hydrogens (tertiary/aromatic N) is 2. The molecule has 1 heterocycles. The molecule has 4 aromatic carbocycles. The number of rotatable bonds is 5. The van der Waals surface area contributed by atoms with Gasteiger partial charge in [-0.2, -0.15) is 5.26 Å². The predicted octanol–water partition coefficient (Wildman–Crippen LogP) is 7.01. The lowest BCUT2D eigenvalue weighted by atomic mass is 10.1. The van der Waals surface area contributed by atoms with Crippen molar-refractivity contribution in [2.75, 3.05) is 5.32 Å². The zero-order valence-electron chi connectivity index (χ0n) is 19.7. The van der Waals surface area contributed by atoms with Crippen LogP contribution < -0.4 is 5.32 Å². The summed E-state index contributed by atoms with van der Waals surface area (Å²) < 4.78 is 2.17. The van der Waals surface area contributed by atoms with Gasteiger partial charge in [-0.3, -0.25) is 4.79 Å². The van der Waals surface area contributed by atoms with Crippen LogP contribution in [0.2, 0.25) is 0 Å². The summed E-state index contributed by atoms with van der Waals surface area (Å²) in [5.41, 5.74) is 6.06. The fraction of sp³-hybridized carbons (Fsp3) is 0.0968. The van der Waals surface area contributed by atoms with Crippen LogP contribution in [0.3, 0.4) is 0 Å². The molecule has 0 saturated heterocycles. The Morgan fingerprint density at radius 2 is 1.69 bits per heavy atom. The van der Waals surface area contributed by atoms with Gasteiger partial charge < -0.3 is 9.88 Å². The summed E-state index contributed by atoms with van der Waals surface area (Å²) in [4.78, 5) is 12.9. The number of nitrogens with one attached hydrogen (secondary N) is 1. The van der Waals surface area contributed by atoms with E-state index in [4.69, 9.17) is 0 Å². The predicted molar refractivity (Wildman–Crippen MR) is 143 cm³/mol. The summed E-state index contributed by atoms with van der Waals surface area (Å²) in [7, 11) is 0. The SMILES string of the molecule is Cc1ccc(NC(=O)/C(C#N)=C/c2cn(Cc3ccc4ccccc4c3)c3ccccc23)cc1C. The van der Waals surface area contributed by atoms with Crippen LogP contribution in [0.15, 0.2) is 96.7 Å². The lowest BCUT2D eigenvalue weighted by molar-refractivity contribution is -0.112. The second-order valence-corrected chi connectivity index (χ2v) is 8.83. The minimum Gasteiger partial charge on any atom is -0.342 e. The van der Waals surface area contributed by atoms with Crippen molar-refractivity contribution in [3.63, 3.8) is 0 Å². The molecule has 0 radical (unpaired) electrons. The number of nitriles is 1. The van der Waals surface area contributed by atoms with Crippen LogP contribution in [0.25, 0.3) is 27.8 Å². The van der Waals surface area contributed by atoms with E-state index in [1.165, 1.54) is 16.3 Å². The molecule has 1 aromatic heterocycles. The molecule has 0 atom stereocenters. The van der Waals surface area contributed by atoms with Gasteiger partial charge in [-0.05, 0) is 71.7 Å². The molecule has 0 saturated carbocycles. The van der Waals surface area contributed by atoms with E-state index >= 15 is 0 Å². The molecule has 4 heteroatoms. The minimum atomic E-state index is -0.415. The number of carbonyl (C=O) groups is 1. The Morgan fingerprint density at radius 3 is 2.49 bits per heavy atom. The van der Waals surface area contributed by atoms with Crippen molar-refractivity contribution in [1.82, 2.24) is 4.57 Å². The Morgan fingerprint density at radius 1 is 0.914 bits per heavy atom. The van der Waals surface area contributed by atoms with Gasteiger partial charge in [-0.15, -0.1) is 0 Å². The molecule has 170 valence electrons. The van der Waals surface area contributed by atoms with E-state index in [1.807, 2.05) is 68.6 Å². The molecule has 5 rings (SSSR count). The summed E-state index contributed by atoms with van der Waals surface area (Å²) >= 11 is 0. The van der Waals surface area contributed by atoms with Gasteiger partial charge in [-0.25, -0.2) is 0 Å². The monoisotopic (exact) mass is 455 g/mol. The summed E-state index contributed by atoms with van der Waals surface area (Å²) in [5, 5.41) is 16.0. The molecular formula is C31H25N3O. The van der Waals surface area contributed by atoms with E-state index in [9.17, 15) is 10.1 Å². The van der Waals surface area contributed by atoms with Crippen molar-refractivity contribution in [3.05, 3.63) is 119 Å². The number of hydrogen-bond acceptors (Lipinski definition) is 2. The third-order valence-corrected chi connectivity index (χ3v) is 6.42. The molecule has 1 amide bonds. The summed E-state index contributed by atoms with van der Waals surface area (Å²) in [6.45, 7) is 4.71. The standard InChI is InChI=1S/C31H25N3O/c1-21-11-14-28(15-22(21)2)33-31(35)26(18-32)17-27-20-34(30-10-6-5-9-29(27)30)19-23-12-13-24-7-3-4-8-25(24)16-23/h3-17,20H,19H2,1-2H3,(H,33,35)/b26-17+. The first-order valence-electron chi connectivity index (χ1n) is 11.6. The molecule has 4 nitrogen and oxygen atoms in total. The van der Waals surface area contributed by atoms with E-state index < -0.39 is 5.91 Å². The molecule has 0 aliphatic heterocycles. The second kappa shape index (κ2) is 9.32. The summed E-state index contributed by atoms with van der Waals surface area (Å²) in [6, 6.07) is 30.7. The van der Waals surface area contributed by atoms with Gasteiger partial charge in [0.1, 0.15) is 11.6 Å². The summed E-state index contributed by atoms with van der Waals surface area (Å²) in [5.74, 6) is -0.415. The fourth-order valence-corrected chi connectivity index (χ4v) is 4.38. The highest BCUT2D eigenvalue weighted by atomic mass is 16.1. The van der Waals surface area contributed by atoms with Gasteiger partial charge in [-0.1, -0.05) is 60.7 Å². The van der Waals surface area contributed by atoms with Crippen molar-refractivity contribution < 1.29 is 4.79 Å². The number of para-hydroxylation sites is 1. The quantitative estimate of drug-likeness (QED) is 0.229. The topological polar surface area (TPSA) is 57.8 Å². The van der Waals surface area contributed by atoms with Crippen molar-refractivity contribution in [3.8, 4) is 6.07 Å². The maximum Gasteiger partial charge on any atom is 0.266 e. The largest absolute Gasteiger partial charge is 0.342 e. The molecule has 0 fully saturated rings. The Labute approximate surface area is 204 Å². The minimum absolute atomic E-state index is 0.0665. The highest BCUT2D eigenvalue weighted by Crippen LogP contribution is 2.26. The van der Waals surface area contributed by atoms with E-state index in [0.29, 0.717) is 12.2 Å². The number of anilines is 1. The second-order valence-electron chi connectivity index (χ2n) is 8.83. The smallest absolute Gasteiger partial charge is 0.266 e. The third kappa shape index (κ3) is 4.58. The van der Waals surface area contributed by atoms with E-state index in [-0.39, 0.29) is 5.57 Å². The van der Waals surface area contributed by atoms with Crippen LogP contribution >= 0.6 is 0 Å². The van der Waals surface area contributed by atoms with Gasteiger partial charge in [0.05, 0.1) is 0 Å². The lowest BCUT2D eigenvalue weighted by Crippen LogP contribution is -2.13. The summed E-state index contributed by atoms with van der Waals surface area (Å²) in [6.07, 6.45) is 3.69. The number of carbonyl (C=O) groups excluding carboxylic acids is 1. The number of fused-ring (bicyclic) bond motifs is 2. The average molecular weight is 456 g/mol. The van der Waals surface area contributed by atoms with E-state index in [0.717, 1.165) is 27.6 Å². The van der Waals surface area contributed by atoms with Gasteiger partial charge >= 0.3 is 0 Å². The van der Waals surface area contributed by atoms with Crippen molar-refractivity contribution in [1.29, 1.82) is 5.26 Å². The van der Waals surface area contributed by atoms with E-state index in [2.05, 4.69) is 52.4 Å². The zero-order chi connectivity index (χ0) is 24.4. The van der Waals surface area contributed by atoms with Crippen LogP contribution in [0.5, 0.6) is 0 Å². The maximum absolute atomic E-state index is 12.9. The third-order valence-electron chi connectivity index (χ3n) is 6.42. The first kappa shape index (κ1) is 22.2. The number of aryl methyl sites for hydroxylation is 2. The molecule has 0 aliphatic rings.